The summed E-state index contributed by atoms with van der Waals surface area (Å²) in [7, 11) is 0. The number of nitrogens with zero attached hydrogens (tertiary/aromatic N) is 1. The molecule has 0 fully saturated rings. The summed E-state index contributed by atoms with van der Waals surface area (Å²) < 4.78 is 0. The van der Waals surface area contributed by atoms with Crippen molar-refractivity contribution in [2.24, 2.45) is 5.41 Å². The lowest BCUT2D eigenvalue weighted by Crippen LogP contribution is -2.57. The SMILES string of the molecule is Cc1csc(NC(=O)NC(C)(C)C(C)(C)C(=O)O)n1. The van der Waals surface area contributed by atoms with Crippen LogP contribution in [0.4, 0.5) is 9.93 Å². The van der Waals surface area contributed by atoms with E-state index in [1.807, 2.05) is 12.3 Å². The predicted octanol–water partition coefficient (Wildman–Crippen LogP) is 2.46. The van der Waals surface area contributed by atoms with Crippen LogP contribution in [0.25, 0.3) is 0 Å². The van der Waals surface area contributed by atoms with Gasteiger partial charge in [-0.15, -0.1) is 11.3 Å². The van der Waals surface area contributed by atoms with Crippen molar-refractivity contribution in [1.82, 2.24) is 10.3 Å². The molecule has 1 rings (SSSR count). The molecule has 0 aliphatic heterocycles. The molecule has 2 amide bonds. The number of nitrogens with one attached hydrogen (secondary N) is 2. The Morgan fingerprint density at radius 1 is 1.32 bits per heavy atom. The van der Waals surface area contributed by atoms with Crippen LogP contribution < -0.4 is 10.6 Å². The molecule has 6 nitrogen and oxygen atoms in total. The van der Waals surface area contributed by atoms with Crippen molar-refractivity contribution < 1.29 is 14.7 Å². The van der Waals surface area contributed by atoms with Gasteiger partial charge in [0, 0.05) is 5.38 Å². The number of urea groups is 1. The first-order chi connectivity index (χ1) is 8.56. The molecule has 1 aromatic heterocycles. The van der Waals surface area contributed by atoms with E-state index in [2.05, 4.69) is 15.6 Å². The molecular formula is C12H19N3O3S. The Balaban J connectivity index is 2.73. The van der Waals surface area contributed by atoms with E-state index >= 15 is 0 Å². The van der Waals surface area contributed by atoms with Crippen LogP contribution in [0.1, 0.15) is 33.4 Å². The van der Waals surface area contributed by atoms with Crippen LogP contribution in [0.2, 0.25) is 0 Å². The number of hydrogen-bond acceptors (Lipinski definition) is 4. The lowest BCUT2D eigenvalue weighted by atomic mass is 9.74. The van der Waals surface area contributed by atoms with Crippen molar-refractivity contribution in [2.75, 3.05) is 5.32 Å². The molecule has 0 aliphatic rings. The van der Waals surface area contributed by atoms with Crippen molar-refractivity contribution in [2.45, 2.75) is 40.2 Å². The van der Waals surface area contributed by atoms with Gasteiger partial charge in [0.25, 0.3) is 0 Å². The zero-order valence-corrected chi connectivity index (χ0v) is 12.5. The zero-order chi connectivity index (χ0) is 14.8. The van der Waals surface area contributed by atoms with Crippen LogP contribution in [0, 0.1) is 12.3 Å². The van der Waals surface area contributed by atoms with Gasteiger partial charge >= 0.3 is 12.0 Å². The molecule has 0 unspecified atom stereocenters. The summed E-state index contributed by atoms with van der Waals surface area (Å²) in [6.07, 6.45) is 0. The topological polar surface area (TPSA) is 91.3 Å². The quantitative estimate of drug-likeness (QED) is 0.792. The number of hydrogen-bond donors (Lipinski definition) is 3. The van der Waals surface area contributed by atoms with Gasteiger partial charge in [-0.3, -0.25) is 10.1 Å². The maximum absolute atomic E-state index is 11.9. The first-order valence-corrected chi connectivity index (χ1v) is 6.69. The van der Waals surface area contributed by atoms with Gasteiger partial charge in [0.05, 0.1) is 16.6 Å². The predicted molar refractivity (Wildman–Crippen MR) is 74.5 cm³/mol. The van der Waals surface area contributed by atoms with Crippen molar-refractivity contribution in [1.29, 1.82) is 0 Å². The highest BCUT2D eigenvalue weighted by molar-refractivity contribution is 7.13. The monoisotopic (exact) mass is 285 g/mol. The number of aryl methyl sites for hydroxylation is 1. The molecule has 1 heterocycles. The number of carbonyl (C=O) groups excluding carboxylic acids is 1. The number of carboxylic acid groups (broad SMARTS) is 1. The molecule has 0 atom stereocenters. The maximum Gasteiger partial charge on any atom is 0.321 e. The van der Waals surface area contributed by atoms with E-state index in [4.69, 9.17) is 0 Å². The van der Waals surface area contributed by atoms with Gasteiger partial charge in [-0.25, -0.2) is 9.78 Å². The minimum atomic E-state index is -1.09. The fourth-order valence-corrected chi connectivity index (χ4v) is 1.93. The third kappa shape index (κ3) is 3.44. The molecule has 0 aliphatic carbocycles. The van der Waals surface area contributed by atoms with Crippen LogP contribution in [0.5, 0.6) is 0 Å². The second-order valence-electron chi connectivity index (χ2n) is 5.43. The Kier molecular flexibility index (Phi) is 4.19. The highest BCUT2D eigenvalue weighted by Gasteiger charge is 2.44. The molecule has 1 aromatic rings. The number of amides is 2. The third-order valence-electron chi connectivity index (χ3n) is 3.36. The van der Waals surface area contributed by atoms with E-state index in [9.17, 15) is 14.7 Å². The Morgan fingerprint density at radius 2 is 1.89 bits per heavy atom. The van der Waals surface area contributed by atoms with Crippen molar-refractivity contribution >= 4 is 28.5 Å². The fourth-order valence-electron chi connectivity index (χ4n) is 1.25. The average molecular weight is 285 g/mol. The minimum absolute atomic E-state index is 0.464. The Morgan fingerprint density at radius 3 is 2.32 bits per heavy atom. The molecule has 0 saturated heterocycles. The fraction of sp³-hybridized carbons (Fsp3) is 0.583. The van der Waals surface area contributed by atoms with Crippen LogP contribution in [-0.4, -0.2) is 27.6 Å². The summed E-state index contributed by atoms with van der Waals surface area (Å²) in [5.41, 5.74) is -1.18. The molecule has 0 spiro atoms. The molecule has 0 radical (unpaired) electrons. The maximum atomic E-state index is 11.9. The number of thiazole rings is 1. The summed E-state index contributed by atoms with van der Waals surface area (Å²) >= 11 is 1.32. The number of carboxylic acids is 1. The smallest absolute Gasteiger partial charge is 0.321 e. The van der Waals surface area contributed by atoms with Crippen LogP contribution >= 0.6 is 11.3 Å². The van der Waals surface area contributed by atoms with Crippen LogP contribution in [0.3, 0.4) is 0 Å². The summed E-state index contributed by atoms with van der Waals surface area (Å²) in [4.78, 5) is 27.2. The van der Waals surface area contributed by atoms with Crippen LogP contribution in [-0.2, 0) is 4.79 Å². The van der Waals surface area contributed by atoms with E-state index in [1.54, 1.807) is 27.7 Å². The summed E-state index contributed by atoms with van der Waals surface area (Å²) in [5, 5.41) is 16.8. The van der Waals surface area contributed by atoms with E-state index < -0.39 is 23.0 Å². The normalized spacial score (nSPS) is 12.1. The molecule has 106 valence electrons. The van der Waals surface area contributed by atoms with Crippen molar-refractivity contribution in [3.8, 4) is 0 Å². The third-order valence-corrected chi connectivity index (χ3v) is 4.24. The second kappa shape index (κ2) is 5.16. The number of aliphatic carboxylic acids is 1. The highest BCUT2D eigenvalue weighted by atomic mass is 32.1. The molecular weight excluding hydrogens is 266 g/mol. The summed E-state index contributed by atoms with van der Waals surface area (Å²) in [6, 6.07) is -0.464. The standard InChI is InChI=1S/C12H19N3O3S/c1-7-6-19-10(13-7)14-9(18)15-12(4,5)11(2,3)8(16)17/h6H,1-5H3,(H,16,17)(H2,13,14,15,18). The molecule has 19 heavy (non-hydrogen) atoms. The Bertz CT molecular complexity index is 494. The Hall–Kier alpha value is -1.63. The zero-order valence-electron chi connectivity index (χ0n) is 11.7. The molecule has 7 heteroatoms. The lowest BCUT2D eigenvalue weighted by molar-refractivity contribution is -0.150. The molecule has 0 bridgehead atoms. The highest BCUT2D eigenvalue weighted by Crippen LogP contribution is 2.30. The van der Waals surface area contributed by atoms with E-state index in [1.165, 1.54) is 11.3 Å². The van der Waals surface area contributed by atoms with Gasteiger partial charge in [0.2, 0.25) is 0 Å². The van der Waals surface area contributed by atoms with E-state index in [-0.39, 0.29) is 0 Å². The number of rotatable bonds is 4. The molecule has 0 aromatic carbocycles. The first kappa shape index (κ1) is 15.4. The van der Waals surface area contributed by atoms with E-state index in [0.717, 1.165) is 5.69 Å². The molecule has 3 N–H and O–H groups in total. The minimum Gasteiger partial charge on any atom is -0.481 e. The van der Waals surface area contributed by atoms with Gasteiger partial charge < -0.3 is 10.4 Å². The van der Waals surface area contributed by atoms with Gasteiger partial charge in [0.15, 0.2) is 5.13 Å². The molecule has 0 saturated carbocycles. The average Bonchev–Trinajstić information content (AvgIpc) is 2.62. The largest absolute Gasteiger partial charge is 0.481 e. The van der Waals surface area contributed by atoms with Gasteiger partial charge in [0.1, 0.15) is 0 Å². The summed E-state index contributed by atoms with van der Waals surface area (Å²) in [6.45, 7) is 8.32. The van der Waals surface area contributed by atoms with Gasteiger partial charge in [-0.1, -0.05) is 0 Å². The van der Waals surface area contributed by atoms with Crippen molar-refractivity contribution in [3.63, 3.8) is 0 Å². The van der Waals surface area contributed by atoms with Crippen molar-refractivity contribution in [3.05, 3.63) is 11.1 Å². The number of anilines is 1. The van der Waals surface area contributed by atoms with E-state index in [0.29, 0.717) is 5.13 Å². The Labute approximate surface area is 116 Å². The van der Waals surface area contributed by atoms with Crippen LogP contribution in [0.15, 0.2) is 5.38 Å². The summed E-state index contributed by atoms with van der Waals surface area (Å²) in [5.74, 6) is -0.970. The van der Waals surface area contributed by atoms with Gasteiger partial charge in [-0.2, -0.15) is 0 Å². The first-order valence-electron chi connectivity index (χ1n) is 5.81. The second-order valence-corrected chi connectivity index (χ2v) is 6.29. The number of aromatic nitrogens is 1. The van der Waals surface area contributed by atoms with Gasteiger partial charge in [-0.05, 0) is 34.6 Å². The number of carbonyl (C=O) groups is 2. The lowest BCUT2D eigenvalue weighted by Gasteiger charge is -2.38.